The van der Waals surface area contributed by atoms with Crippen molar-refractivity contribution in [3.05, 3.63) is 33.2 Å². The molecule has 29 heavy (non-hydrogen) atoms. The summed E-state index contributed by atoms with van der Waals surface area (Å²) in [6.45, 7) is 8.86. The van der Waals surface area contributed by atoms with E-state index in [0.717, 1.165) is 24.8 Å². The van der Waals surface area contributed by atoms with Gasteiger partial charge in [0, 0.05) is 24.0 Å². The third-order valence-electron chi connectivity index (χ3n) is 5.55. The second-order valence-electron chi connectivity index (χ2n) is 8.77. The molecule has 0 radical (unpaired) electrons. The van der Waals surface area contributed by atoms with Crippen molar-refractivity contribution in [2.75, 3.05) is 0 Å². The highest BCUT2D eigenvalue weighted by Crippen LogP contribution is 2.48. The molecule has 6 heteroatoms. The summed E-state index contributed by atoms with van der Waals surface area (Å²) in [6.07, 6.45) is 3.25. The average Bonchev–Trinajstić information content (AvgIpc) is 3.07. The van der Waals surface area contributed by atoms with Gasteiger partial charge in [0.2, 0.25) is 0 Å². The molecule has 1 aliphatic rings. The lowest BCUT2D eigenvalue weighted by Crippen LogP contribution is -2.39. The van der Waals surface area contributed by atoms with E-state index in [1.165, 1.54) is 6.07 Å². The van der Waals surface area contributed by atoms with Crippen LogP contribution in [0.5, 0.6) is 11.5 Å². The van der Waals surface area contributed by atoms with E-state index in [0.29, 0.717) is 23.1 Å². The summed E-state index contributed by atoms with van der Waals surface area (Å²) in [5.74, 6) is -0.494. The van der Waals surface area contributed by atoms with Gasteiger partial charge in [0.05, 0.1) is 11.0 Å². The minimum absolute atomic E-state index is 0.0307. The van der Waals surface area contributed by atoms with Crippen molar-refractivity contribution in [3.8, 4) is 11.5 Å². The predicted molar refractivity (Wildman–Crippen MR) is 111 cm³/mol. The molecule has 158 valence electrons. The number of hydrogen-bond acceptors (Lipinski definition) is 6. The van der Waals surface area contributed by atoms with Gasteiger partial charge in [-0.3, -0.25) is 4.79 Å². The van der Waals surface area contributed by atoms with Gasteiger partial charge >= 0.3 is 5.63 Å². The number of ether oxygens (including phenoxy) is 1. The molecule has 0 amide bonds. The Bertz CT molecular complexity index is 993. The maximum absolute atomic E-state index is 12.9. The minimum atomic E-state index is -1.14. The van der Waals surface area contributed by atoms with E-state index in [4.69, 9.17) is 9.15 Å². The van der Waals surface area contributed by atoms with Gasteiger partial charge < -0.3 is 19.4 Å². The molecule has 1 unspecified atom stereocenters. The minimum Gasteiger partial charge on any atom is -0.507 e. The average molecular weight is 402 g/mol. The number of phenolic OH excluding ortho intramolecular Hbond substituents is 1. The Kier molecular flexibility index (Phi) is 5.77. The fourth-order valence-electron chi connectivity index (χ4n) is 3.85. The molecule has 1 aromatic carbocycles. The van der Waals surface area contributed by atoms with Crippen molar-refractivity contribution in [2.24, 2.45) is 5.92 Å². The summed E-state index contributed by atoms with van der Waals surface area (Å²) in [4.78, 5) is 25.2. The van der Waals surface area contributed by atoms with E-state index < -0.39 is 17.3 Å². The third-order valence-corrected chi connectivity index (χ3v) is 5.55. The molecule has 6 nitrogen and oxygen atoms in total. The van der Waals surface area contributed by atoms with Crippen LogP contribution in [0.1, 0.15) is 75.4 Å². The molecule has 0 fully saturated rings. The molecule has 3 rings (SSSR count). The van der Waals surface area contributed by atoms with Crippen LogP contribution in [0.25, 0.3) is 11.0 Å². The first-order chi connectivity index (χ1) is 13.6. The van der Waals surface area contributed by atoms with E-state index in [2.05, 4.69) is 6.92 Å². The van der Waals surface area contributed by atoms with E-state index in [-0.39, 0.29) is 35.0 Å². The van der Waals surface area contributed by atoms with Crippen LogP contribution in [0.15, 0.2) is 15.3 Å². The molecule has 2 N–H and O–H groups in total. The topological polar surface area (TPSA) is 97.0 Å². The Hall–Kier alpha value is -2.34. The smallest absolute Gasteiger partial charge is 0.336 e. The van der Waals surface area contributed by atoms with Crippen LogP contribution >= 0.6 is 0 Å². The Balaban J connectivity index is 2.33. The fourth-order valence-corrected chi connectivity index (χ4v) is 3.85. The summed E-state index contributed by atoms with van der Waals surface area (Å²) < 4.78 is 11.5. The van der Waals surface area contributed by atoms with Crippen molar-refractivity contribution >= 4 is 16.8 Å². The number of unbranched alkanes of at least 4 members (excludes halogenated alkanes) is 2. The predicted octanol–water partition coefficient (Wildman–Crippen LogP) is 4.14. The maximum atomic E-state index is 12.9. The van der Waals surface area contributed by atoms with Crippen LogP contribution < -0.4 is 10.4 Å². The highest BCUT2D eigenvalue weighted by atomic mass is 16.5. The summed E-state index contributed by atoms with van der Waals surface area (Å²) >= 11 is 0. The summed E-state index contributed by atoms with van der Waals surface area (Å²) in [7, 11) is 0. The number of phenols is 1. The Morgan fingerprint density at radius 2 is 2.00 bits per heavy atom. The molecule has 2 heterocycles. The van der Waals surface area contributed by atoms with Gasteiger partial charge in [0.15, 0.2) is 11.4 Å². The molecule has 0 saturated carbocycles. The molecular formula is C23H30O6. The summed E-state index contributed by atoms with van der Waals surface area (Å²) in [5, 5.41) is 22.0. The first-order valence-electron chi connectivity index (χ1n) is 10.3. The molecule has 0 aliphatic carbocycles. The highest BCUT2D eigenvalue weighted by molar-refractivity contribution is 6.12. The molecule has 1 aliphatic heterocycles. The number of carbonyl (C=O) groups is 1. The first-order valence-corrected chi connectivity index (χ1v) is 10.3. The molecule has 0 saturated heterocycles. The van der Waals surface area contributed by atoms with Crippen LogP contribution in [-0.2, 0) is 12.8 Å². The van der Waals surface area contributed by atoms with Crippen molar-refractivity contribution in [3.63, 3.8) is 0 Å². The van der Waals surface area contributed by atoms with Crippen LogP contribution in [0.2, 0.25) is 0 Å². The van der Waals surface area contributed by atoms with Crippen LogP contribution in [0, 0.1) is 5.92 Å². The summed E-state index contributed by atoms with van der Waals surface area (Å²) in [6, 6.07) is 1.44. The second-order valence-corrected chi connectivity index (χ2v) is 8.77. The number of fused-ring (bicyclic) bond motifs is 3. The zero-order valence-electron chi connectivity index (χ0n) is 17.8. The maximum Gasteiger partial charge on any atom is 0.336 e. The molecule has 0 bridgehead atoms. The Labute approximate surface area is 170 Å². The monoisotopic (exact) mass is 402 g/mol. The number of benzene rings is 1. The molecular weight excluding hydrogens is 372 g/mol. The molecule has 2 aromatic rings. The second kappa shape index (κ2) is 7.82. The third kappa shape index (κ3) is 3.90. The largest absolute Gasteiger partial charge is 0.507 e. The molecule has 1 atom stereocenters. The van der Waals surface area contributed by atoms with Crippen molar-refractivity contribution in [1.82, 2.24) is 0 Å². The van der Waals surface area contributed by atoms with Crippen LogP contribution in [0.4, 0.5) is 0 Å². The number of hydrogen-bond donors (Lipinski definition) is 2. The van der Waals surface area contributed by atoms with Gasteiger partial charge in [-0.2, -0.15) is 0 Å². The number of rotatable bonds is 7. The highest BCUT2D eigenvalue weighted by Gasteiger charge is 2.40. The normalized spacial score (nSPS) is 16.3. The number of aromatic hydroxyl groups is 1. The lowest BCUT2D eigenvalue weighted by molar-refractivity contribution is -0.0225. The van der Waals surface area contributed by atoms with Gasteiger partial charge in [0.1, 0.15) is 23.2 Å². The standard InChI is InChI=1S/C23H30O6/c1-6-7-8-9-13-10-16(24)29-22-17(13)21-14(11-15(28-21)23(4,5)27)20(26)18(22)19(25)12(2)3/h10,12,15,26-27H,6-9,11H2,1-5H3. The lowest BCUT2D eigenvalue weighted by atomic mass is 9.90. The van der Waals surface area contributed by atoms with E-state index in [1.54, 1.807) is 27.7 Å². The van der Waals surface area contributed by atoms with Gasteiger partial charge in [-0.05, 0) is 32.3 Å². The van der Waals surface area contributed by atoms with E-state index >= 15 is 0 Å². The molecule has 1 aromatic heterocycles. The Morgan fingerprint density at radius 3 is 2.59 bits per heavy atom. The zero-order valence-corrected chi connectivity index (χ0v) is 17.8. The lowest BCUT2D eigenvalue weighted by Gasteiger charge is -2.24. The Morgan fingerprint density at radius 1 is 1.31 bits per heavy atom. The van der Waals surface area contributed by atoms with Crippen LogP contribution in [-0.4, -0.2) is 27.7 Å². The number of ketones is 1. The van der Waals surface area contributed by atoms with Crippen molar-refractivity contribution in [2.45, 2.75) is 78.4 Å². The number of aryl methyl sites for hydroxylation is 1. The zero-order chi connectivity index (χ0) is 21.5. The van der Waals surface area contributed by atoms with E-state index in [9.17, 15) is 19.8 Å². The van der Waals surface area contributed by atoms with Gasteiger partial charge in [-0.25, -0.2) is 4.79 Å². The summed E-state index contributed by atoms with van der Waals surface area (Å²) in [5.41, 5.74) is -0.357. The number of aliphatic hydroxyl groups is 1. The van der Waals surface area contributed by atoms with Gasteiger partial charge in [-0.15, -0.1) is 0 Å². The van der Waals surface area contributed by atoms with Crippen LogP contribution in [0.3, 0.4) is 0 Å². The quantitative estimate of drug-likeness (QED) is 0.410. The number of carbonyl (C=O) groups excluding carboxylic acids is 1. The number of Topliss-reactive ketones (excluding diaryl/α,β-unsaturated/α-hetero) is 1. The fraction of sp³-hybridized carbons (Fsp3) is 0.565. The first kappa shape index (κ1) is 21.4. The van der Waals surface area contributed by atoms with Gasteiger partial charge in [-0.1, -0.05) is 33.6 Å². The molecule has 0 spiro atoms. The van der Waals surface area contributed by atoms with Crippen molar-refractivity contribution < 1.29 is 24.2 Å². The van der Waals surface area contributed by atoms with Gasteiger partial charge in [0.25, 0.3) is 0 Å². The van der Waals surface area contributed by atoms with Crippen molar-refractivity contribution in [1.29, 1.82) is 0 Å². The SMILES string of the molecule is CCCCCc1cc(=O)oc2c(C(=O)C(C)C)c(O)c3c(c12)OC(C(C)(C)O)C3. The van der Waals surface area contributed by atoms with E-state index in [1.807, 2.05) is 0 Å².